The van der Waals surface area contributed by atoms with Gasteiger partial charge < -0.3 is 10.5 Å². The normalized spacial score (nSPS) is 10.5. The summed E-state index contributed by atoms with van der Waals surface area (Å²) in [4.78, 5) is 12.5. The number of nitrogen functional groups attached to an aromatic ring is 1. The molecule has 2 N–H and O–H groups in total. The van der Waals surface area contributed by atoms with E-state index in [1.807, 2.05) is 0 Å². The van der Waals surface area contributed by atoms with Gasteiger partial charge in [0, 0.05) is 14.9 Å². The van der Waals surface area contributed by atoms with Gasteiger partial charge in [0.2, 0.25) is 0 Å². The summed E-state index contributed by atoms with van der Waals surface area (Å²) >= 11 is 4.44. The molecule has 0 unspecified atom stereocenters. The van der Waals surface area contributed by atoms with Crippen molar-refractivity contribution in [3.8, 4) is 10.4 Å². The number of thiophene rings is 1. The number of ether oxygens (including phenoxy) is 1. The fraction of sp³-hybridized carbons (Fsp3) is 0.154. The lowest BCUT2D eigenvalue weighted by Gasteiger charge is -2.03. The first kappa shape index (κ1) is 14.0. The molecule has 0 fully saturated rings. The van der Waals surface area contributed by atoms with Gasteiger partial charge in [0.25, 0.3) is 0 Å². The van der Waals surface area contributed by atoms with Crippen LogP contribution in [0.15, 0.2) is 22.7 Å². The van der Waals surface area contributed by atoms with Gasteiger partial charge in [-0.3, -0.25) is 0 Å². The quantitative estimate of drug-likeness (QED) is 0.838. The molecule has 0 saturated carbocycles. The van der Waals surface area contributed by atoms with Gasteiger partial charge in [0.1, 0.15) is 10.7 Å². The van der Waals surface area contributed by atoms with Crippen molar-refractivity contribution in [3.05, 3.63) is 38.9 Å². The van der Waals surface area contributed by atoms with E-state index in [2.05, 4.69) is 20.7 Å². The van der Waals surface area contributed by atoms with Crippen LogP contribution in [0.2, 0.25) is 0 Å². The summed E-state index contributed by atoms with van der Waals surface area (Å²) in [5.74, 6) is -0.865. The molecule has 6 heteroatoms. The Hall–Kier alpha value is -1.40. The van der Waals surface area contributed by atoms with Crippen molar-refractivity contribution in [2.45, 2.75) is 6.92 Å². The van der Waals surface area contributed by atoms with Crippen molar-refractivity contribution < 1.29 is 13.9 Å². The Labute approximate surface area is 122 Å². The highest BCUT2D eigenvalue weighted by Crippen LogP contribution is 2.40. The molecular weight excluding hydrogens is 333 g/mol. The number of hydrogen-bond donors (Lipinski definition) is 1. The van der Waals surface area contributed by atoms with Gasteiger partial charge in [-0.2, -0.15) is 0 Å². The molecule has 0 saturated heterocycles. The van der Waals surface area contributed by atoms with Crippen LogP contribution in [0.3, 0.4) is 0 Å². The van der Waals surface area contributed by atoms with E-state index in [0.717, 1.165) is 15.8 Å². The third-order valence-corrected chi connectivity index (χ3v) is 4.55. The van der Waals surface area contributed by atoms with Crippen LogP contribution in [0.4, 0.5) is 10.1 Å². The Bertz CT molecular complexity index is 654. The largest absolute Gasteiger partial charge is 0.465 e. The van der Waals surface area contributed by atoms with Gasteiger partial charge in [-0.1, -0.05) is 15.9 Å². The number of esters is 1. The Morgan fingerprint density at radius 2 is 2.16 bits per heavy atom. The highest BCUT2D eigenvalue weighted by atomic mass is 79.9. The zero-order valence-electron chi connectivity index (χ0n) is 10.3. The van der Waals surface area contributed by atoms with Crippen LogP contribution < -0.4 is 5.73 Å². The minimum atomic E-state index is -0.507. The maximum atomic E-state index is 13.9. The Morgan fingerprint density at radius 1 is 1.47 bits per heavy atom. The summed E-state index contributed by atoms with van der Waals surface area (Å²) in [7, 11) is 1.29. The summed E-state index contributed by atoms with van der Waals surface area (Å²) in [5.41, 5.74) is 7.32. The van der Waals surface area contributed by atoms with E-state index in [1.165, 1.54) is 13.2 Å². The number of benzene rings is 1. The van der Waals surface area contributed by atoms with E-state index in [9.17, 15) is 9.18 Å². The van der Waals surface area contributed by atoms with E-state index in [0.29, 0.717) is 26.6 Å². The van der Waals surface area contributed by atoms with Gasteiger partial charge in [-0.15, -0.1) is 11.3 Å². The van der Waals surface area contributed by atoms with Crippen LogP contribution >= 0.6 is 27.3 Å². The van der Waals surface area contributed by atoms with E-state index < -0.39 is 5.97 Å². The second kappa shape index (κ2) is 5.30. The minimum Gasteiger partial charge on any atom is -0.465 e. The highest BCUT2D eigenvalue weighted by Gasteiger charge is 2.21. The first-order valence-corrected chi connectivity index (χ1v) is 6.99. The molecule has 1 aromatic heterocycles. The second-order valence-electron chi connectivity index (χ2n) is 3.91. The van der Waals surface area contributed by atoms with Crippen LogP contribution in [-0.2, 0) is 4.74 Å². The Kier molecular flexibility index (Phi) is 3.91. The van der Waals surface area contributed by atoms with Gasteiger partial charge in [-0.25, -0.2) is 9.18 Å². The lowest BCUT2D eigenvalue weighted by atomic mass is 10.1. The van der Waals surface area contributed by atoms with Gasteiger partial charge in [0.05, 0.1) is 12.8 Å². The molecule has 100 valence electrons. The average molecular weight is 344 g/mol. The molecule has 0 radical (unpaired) electrons. The summed E-state index contributed by atoms with van der Waals surface area (Å²) in [6, 6.07) is 4.65. The second-order valence-corrected chi connectivity index (χ2v) is 5.85. The van der Waals surface area contributed by atoms with Crippen molar-refractivity contribution in [2.24, 2.45) is 0 Å². The van der Waals surface area contributed by atoms with Crippen LogP contribution in [0.1, 0.15) is 15.2 Å². The fourth-order valence-corrected chi connectivity index (χ4v) is 3.22. The van der Waals surface area contributed by atoms with Crippen molar-refractivity contribution in [1.29, 1.82) is 0 Å². The topological polar surface area (TPSA) is 52.3 Å². The zero-order chi connectivity index (χ0) is 14.2. The summed E-state index contributed by atoms with van der Waals surface area (Å²) in [6.07, 6.45) is 0. The Balaban J connectivity index is 2.63. The van der Waals surface area contributed by atoms with Crippen molar-refractivity contribution >= 4 is 38.9 Å². The third kappa shape index (κ3) is 2.50. The van der Waals surface area contributed by atoms with Gasteiger partial charge in [-0.05, 0) is 30.7 Å². The monoisotopic (exact) mass is 343 g/mol. The molecule has 19 heavy (non-hydrogen) atoms. The number of anilines is 1. The lowest BCUT2D eigenvalue weighted by molar-refractivity contribution is 0.0607. The Morgan fingerprint density at radius 3 is 2.79 bits per heavy atom. The molecule has 1 heterocycles. The maximum absolute atomic E-state index is 13.9. The minimum absolute atomic E-state index is 0.300. The molecular formula is C13H11BrFNO2S. The van der Waals surface area contributed by atoms with E-state index in [4.69, 9.17) is 5.73 Å². The van der Waals surface area contributed by atoms with Crippen LogP contribution in [0.25, 0.3) is 10.4 Å². The lowest BCUT2D eigenvalue weighted by Crippen LogP contribution is -2.01. The first-order chi connectivity index (χ1) is 8.95. The zero-order valence-corrected chi connectivity index (χ0v) is 12.7. The van der Waals surface area contributed by atoms with E-state index >= 15 is 0 Å². The molecule has 0 spiro atoms. The predicted molar refractivity (Wildman–Crippen MR) is 77.9 cm³/mol. The highest BCUT2D eigenvalue weighted by molar-refractivity contribution is 9.10. The van der Waals surface area contributed by atoms with Crippen molar-refractivity contribution in [1.82, 2.24) is 0 Å². The number of carbonyl (C=O) groups excluding carboxylic acids is 1. The number of methoxy groups -OCH3 is 1. The van der Waals surface area contributed by atoms with Crippen LogP contribution in [0, 0.1) is 12.7 Å². The summed E-state index contributed by atoms with van der Waals surface area (Å²) in [5, 5.41) is 0. The molecule has 0 bridgehead atoms. The first-order valence-electron chi connectivity index (χ1n) is 5.38. The number of nitrogens with two attached hydrogens (primary N) is 1. The summed E-state index contributed by atoms with van der Waals surface area (Å²) in [6.45, 7) is 1.76. The van der Waals surface area contributed by atoms with Gasteiger partial charge in [0.15, 0.2) is 0 Å². The number of carbonyl (C=O) groups is 1. The molecule has 1 aromatic carbocycles. The molecule has 2 rings (SSSR count). The molecule has 0 aliphatic rings. The fourth-order valence-electron chi connectivity index (χ4n) is 1.70. The number of rotatable bonds is 2. The van der Waals surface area contributed by atoms with Crippen LogP contribution in [-0.4, -0.2) is 13.1 Å². The molecule has 0 aliphatic heterocycles. The standard InChI is InChI=1S/C13H11BrFNO2S/c1-6-10(16)12(13(17)18-2)19-11(6)8-5-7(14)3-4-9(8)15/h3-5H,16H2,1-2H3. The average Bonchev–Trinajstić information content (AvgIpc) is 2.69. The van der Waals surface area contributed by atoms with E-state index in [1.54, 1.807) is 19.1 Å². The SMILES string of the molecule is COC(=O)c1sc(-c2cc(Br)ccc2F)c(C)c1N. The number of halogens is 2. The van der Waals surface area contributed by atoms with Gasteiger partial charge >= 0.3 is 5.97 Å². The van der Waals surface area contributed by atoms with Crippen molar-refractivity contribution in [3.63, 3.8) is 0 Å². The molecule has 0 amide bonds. The smallest absolute Gasteiger partial charge is 0.350 e. The molecule has 0 atom stereocenters. The predicted octanol–water partition coefficient (Wildman–Crippen LogP) is 3.99. The maximum Gasteiger partial charge on any atom is 0.350 e. The summed E-state index contributed by atoms with van der Waals surface area (Å²) < 4.78 is 19.3. The van der Waals surface area contributed by atoms with Crippen LogP contribution in [0.5, 0.6) is 0 Å². The molecule has 3 nitrogen and oxygen atoms in total. The van der Waals surface area contributed by atoms with E-state index in [-0.39, 0.29) is 5.82 Å². The van der Waals surface area contributed by atoms with Crippen molar-refractivity contribution in [2.75, 3.05) is 12.8 Å². The third-order valence-electron chi connectivity index (χ3n) is 2.74. The number of hydrogen-bond acceptors (Lipinski definition) is 4. The molecule has 2 aromatic rings. The molecule has 0 aliphatic carbocycles.